The van der Waals surface area contributed by atoms with E-state index < -0.39 is 15.6 Å². The molecule has 1 aromatic carbocycles. The van der Waals surface area contributed by atoms with Gasteiger partial charge in [-0.15, -0.1) is 0 Å². The van der Waals surface area contributed by atoms with Gasteiger partial charge in [0.25, 0.3) is 0 Å². The number of hydrogen-bond donors (Lipinski definition) is 2. The van der Waals surface area contributed by atoms with Crippen molar-refractivity contribution in [3.05, 3.63) is 28.2 Å². The summed E-state index contributed by atoms with van der Waals surface area (Å²) in [6.07, 6.45) is 4.06. The number of hydrogen-bond acceptors (Lipinski definition) is 3. The summed E-state index contributed by atoms with van der Waals surface area (Å²) in [6.45, 7) is -0.228. The molecule has 20 heavy (non-hydrogen) atoms. The molecule has 2 rings (SSSR count). The molecule has 112 valence electrons. The van der Waals surface area contributed by atoms with E-state index >= 15 is 0 Å². The van der Waals surface area contributed by atoms with E-state index in [1.165, 1.54) is 12.1 Å². The average molecular weight is 338 g/mol. The van der Waals surface area contributed by atoms with Crippen molar-refractivity contribution in [2.24, 2.45) is 0 Å². The Morgan fingerprint density at radius 3 is 2.20 bits per heavy atom. The second kappa shape index (κ2) is 6.20. The summed E-state index contributed by atoms with van der Waals surface area (Å²) in [5.74, 6) is 0. The molecule has 0 atom stereocenters. The number of nitrogens with one attached hydrogen (secondary N) is 1. The van der Waals surface area contributed by atoms with E-state index in [0.717, 1.165) is 19.3 Å². The molecule has 0 spiro atoms. The molecule has 0 aromatic heterocycles. The normalized spacial score (nSPS) is 18.9. The van der Waals surface area contributed by atoms with E-state index in [4.69, 9.17) is 23.2 Å². The zero-order valence-electron chi connectivity index (χ0n) is 10.9. The van der Waals surface area contributed by atoms with Crippen LogP contribution in [0.3, 0.4) is 0 Å². The first-order valence-corrected chi connectivity index (χ1v) is 8.73. The van der Waals surface area contributed by atoms with Crippen LogP contribution < -0.4 is 4.72 Å². The molecular weight excluding hydrogens is 321 g/mol. The summed E-state index contributed by atoms with van der Waals surface area (Å²) in [6, 6.07) is 4.55. The number of sulfonamides is 1. The van der Waals surface area contributed by atoms with E-state index in [1.54, 1.807) is 6.07 Å². The minimum absolute atomic E-state index is 0.0777. The lowest BCUT2D eigenvalue weighted by atomic mass is 9.83. The van der Waals surface area contributed by atoms with Crippen molar-refractivity contribution in [1.29, 1.82) is 0 Å². The van der Waals surface area contributed by atoms with Crippen LogP contribution in [0.4, 0.5) is 0 Å². The maximum atomic E-state index is 12.5. The lowest BCUT2D eigenvalue weighted by molar-refractivity contribution is 0.142. The highest BCUT2D eigenvalue weighted by atomic mass is 35.5. The van der Waals surface area contributed by atoms with Crippen LogP contribution in [0.2, 0.25) is 10.0 Å². The lowest BCUT2D eigenvalue weighted by Crippen LogP contribution is -2.52. The molecule has 0 heterocycles. The second-order valence-electron chi connectivity index (χ2n) is 5.16. The van der Waals surface area contributed by atoms with Crippen molar-refractivity contribution in [3.63, 3.8) is 0 Å². The van der Waals surface area contributed by atoms with Gasteiger partial charge < -0.3 is 5.11 Å². The fourth-order valence-electron chi connectivity index (χ4n) is 2.60. The van der Waals surface area contributed by atoms with Gasteiger partial charge in [-0.1, -0.05) is 48.5 Å². The molecule has 0 bridgehead atoms. The molecule has 1 aliphatic carbocycles. The van der Waals surface area contributed by atoms with Crippen molar-refractivity contribution in [1.82, 2.24) is 4.72 Å². The third-order valence-corrected chi connectivity index (χ3v) is 6.18. The first kappa shape index (κ1) is 16.0. The molecule has 1 aromatic rings. The van der Waals surface area contributed by atoms with Gasteiger partial charge in [0.1, 0.15) is 4.90 Å². The molecule has 1 saturated carbocycles. The molecule has 0 amide bonds. The predicted molar refractivity (Wildman–Crippen MR) is 79.7 cm³/mol. The number of aliphatic hydroxyl groups is 1. The first-order valence-electron chi connectivity index (χ1n) is 6.49. The Labute approximate surface area is 129 Å². The van der Waals surface area contributed by atoms with Crippen molar-refractivity contribution < 1.29 is 13.5 Å². The van der Waals surface area contributed by atoms with Crippen molar-refractivity contribution >= 4 is 33.2 Å². The van der Waals surface area contributed by atoms with Gasteiger partial charge in [-0.3, -0.25) is 0 Å². The van der Waals surface area contributed by atoms with Crippen molar-refractivity contribution in [3.8, 4) is 0 Å². The third-order valence-electron chi connectivity index (χ3n) is 3.65. The van der Waals surface area contributed by atoms with Crippen LogP contribution in [0.25, 0.3) is 0 Å². The summed E-state index contributed by atoms with van der Waals surface area (Å²) in [5.41, 5.74) is -0.806. The van der Waals surface area contributed by atoms with Crippen molar-refractivity contribution in [2.45, 2.75) is 42.5 Å². The Hall–Kier alpha value is -0.330. The van der Waals surface area contributed by atoms with E-state index in [2.05, 4.69) is 4.72 Å². The highest BCUT2D eigenvalue weighted by Gasteiger charge is 2.37. The summed E-state index contributed by atoms with van der Waals surface area (Å²) in [5, 5.41) is 9.75. The molecular formula is C13H17Cl2NO3S. The fraction of sp³-hybridized carbons (Fsp3) is 0.538. The Bertz CT molecular complexity index is 563. The van der Waals surface area contributed by atoms with Crippen LogP contribution in [0.15, 0.2) is 23.1 Å². The Morgan fingerprint density at radius 1 is 1.15 bits per heavy atom. The van der Waals surface area contributed by atoms with Crippen LogP contribution in [0.1, 0.15) is 32.1 Å². The lowest BCUT2D eigenvalue weighted by Gasteiger charge is -2.36. The quantitative estimate of drug-likeness (QED) is 0.887. The van der Waals surface area contributed by atoms with Crippen molar-refractivity contribution in [2.75, 3.05) is 6.61 Å². The Balaban J connectivity index is 2.35. The van der Waals surface area contributed by atoms with Crippen LogP contribution in [-0.2, 0) is 10.0 Å². The SMILES string of the molecule is O=S(=O)(NC1(CO)CCCCC1)c1c(Cl)cccc1Cl. The fourth-order valence-corrected chi connectivity index (χ4v) is 5.19. The zero-order chi connectivity index (χ0) is 14.8. The summed E-state index contributed by atoms with van der Waals surface area (Å²) in [7, 11) is -3.87. The number of aliphatic hydroxyl groups excluding tert-OH is 1. The average Bonchev–Trinajstić information content (AvgIpc) is 2.38. The number of rotatable bonds is 4. The largest absolute Gasteiger partial charge is 0.394 e. The van der Waals surface area contributed by atoms with Gasteiger partial charge in [0, 0.05) is 0 Å². The third kappa shape index (κ3) is 3.28. The van der Waals surface area contributed by atoms with Crippen LogP contribution in [-0.4, -0.2) is 25.7 Å². The van der Waals surface area contributed by atoms with Gasteiger partial charge in [-0.2, -0.15) is 0 Å². The van der Waals surface area contributed by atoms with Crippen LogP contribution >= 0.6 is 23.2 Å². The minimum atomic E-state index is -3.87. The summed E-state index contributed by atoms with van der Waals surface area (Å²) >= 11 is 11.9. The van der Waals surface area contributed by atoms with E-state index in [9.17, 15) is 13.5 Å². The zero-order valence-corrected chi connectivity index (χ0v) is 13.2. The maximum Gasteiger partial charge on any atom is 0.244 e. The van der Waals surface area contributed by atoms with Crippen LogP contribution in [0.5, 0.6) is 0 Å². The smallest absolute Gasteiger partial charge is 0.244 e. The molecule has 0 radical (unpaired) electrons. The van der Waals surface area contributed by atoms with Gasteiger partial charge in [0.05, 0.1) is 22.2 Å². The van der Waals surface area contributed by atoms with Gasteiger partial charge in [-0.05, 0) is 25.0 Å². The van der Waals surface area contributed by atoms with Gasteiger partial charge >= 0.3 is 0 Å². The number of halogens is 2. The molecule has 1 fully saturated rings. The number of benzene rings is 1. The molecule has 4 nitrogen and oxygen atoms in total. The molecule has 7 heteroatoms. The maximum absolute atomic E-state index is 12.5. The summed E-state index contributed by atoms with van der Waals surface area (Å²) in [4.78, 5) is -0.123. The Morgan fingerprint density at radius 2 is 1.70 bits per heavy atom. The molecule has 2 N–H and O–H groups in total. The molecule has 0 aliphatic heterocycles. The minimum Gasteiger partial charge on any atom is -0.394 e. The standard InChI is InChI=1S/C13H17Cl2NO3S/c14-10-5-4-6-11(15)12(10)20(18,19)16-13(9-17)7-2-1-3-8-13/h4-6,16-17H,1-3,7-9H2. The monoisotopic (exact) mass is 337 g/mol. The second-order valence-corrected chi connectivity index (χ2v) is 7.59. The van der Waals surface area contributed by atoms with Crippen LogP contribution in [0, 0.1) is 0 Å². The van der Waals surface area contributed by atoms with Gasteiger partial charge in [-0.25, -0.2) is 13.1 Å². The Kier molecular flexibility index (Phi) is 4.97. The van der Waals surface area contributed by atoms with E-state index in [1.807, 2.05) is 0 Å². The highest BCUT2D eigenvalue weighted by molar-refractivity contribution is 7.89. The van der Waals surface area contributed by atoms with Gasteiger partial charge in [0.15, 0.2) is 0 Å². The molecule has 0 unspecified atom stereocenters. The molecule has 0 saturated heterocycles. The highest BCUT2D eigenvalue weighted by Crippen LogP contribution is 2.33. The van der Waals surface area contributed by atoms with Gasteiger partial charge in [0.2, 0.25) is 10.0 Å². The topological polar surface area (TPSA) is 66.4 Å². The summed E-state index contributed by atoms with van der Waals surface area (Å²) < 4.78 is 27.6. The first-order chi connectivity index (χ1) is 9.40. The van der Waals surface area contributed by atoms with E-state index in [-0.39, 0.29) is 21.5 Å². The predicted octanol–water partition coefficient (Wildman–Crippen LogP) is 2.97. The molecule has 1 aliphatic rings. The van der Waals surface area contributed by atoms with E-state index in [0.29, 0.717) is 12.8 Å².